The van der Waals surface area contributed by atoms with E-state index in [-0.39, 0.29) is 6.04 Å². The Kier molecular flexibility index (Phi) is 4.42. The fourth-order valence-corrected chi connectivity index (χ4v) is 2.28. The number of hydrogen-bond donors (Lipinski definition) is 2. The number of hydrogen-bond acceptors (Lipinski definition) is 4. The number of nitrogens with two attached hydrogens (primary N) is 1. The molecule has 0 saturated heterocycles. The second-order valence-electron chi connectivity index (χ2n) is 4.10. The van der Waals surface area contributed by atoms with Crippen molar-refractivity contribution in [2.75, 3.05) is 6.61 Å². The van der Waals surface area contributed by atoms with Gasteiger partial charge in [-0.3, -0.25) is 10.5 Å². The summed E-state index contributed by atoms with van der Waals surface area (Å²) >= 11 is 6.15. The molecule has 0 spiro atoms. The van der Waals surface area contributed by atoms with Crippen LogP contribution in [0, 0.1) is 0 Å². The van der Waals surface area contributed by atoms with Crippen LogP contribution in [-0.2, 0) is 7.05 Å². The van der Waals surface area contributed by atoms with Crippen LogP contribution in [0.3, 0.4) is 0 Å². The molecule has 0 fully saturated rings. The maximum absolute atomic E-state index is 6.15. The van der Waals surface area contributed by atoms with Crippen LogP contribution in [-0.4, -0.2) is 16.4 Å². The molecule has 0 saturated carbocycles. The summed E-state index contributed by atoms with van der Waals surface area (Å²) in [7, 11) is 1.83. The number of aromatic nitrogens is 2. The van der Waals surface area contributed by atoms with Gasteiger partial charge in [0.2, 0.25) is 0 Å². The molecule has 102 valence electrons. The lowest BCUT2D eigenvalue weighted by Gasteiger charge is -2.17. The van der Waals surface area contributed by atoms with E-state index in [2.05, 4.69) is 10.5 Å². The number of benzene rings is 1. The van der Waals surface area contributed by atoms with E-state index >= 15 is 0 Å². The molecule has 0 aliphatic rings. The van der Waals surface area contributed by atoms with E-state index < -0.39 is 0 Å². The van der Waals surface area contributed by atoms with E-state index in [0.717, 1.165) is 17.0 Å². The Bertz CT molecular complexity index is 519. The maximum atomic E-state index is 6.15. The quantitative estimate of drug-likeness (QED) is 0.650. The summed E-state index contributed by atoms with van der Waals surface area (Å²) in [5, 5.41) is 4.70. The van der Waals surface area contributed by atoms with Gasteiger partial charge in [0, 0.05) is 7.05 Å². The zero-order valence-electron chi connectivity index (χ0n) is 10.9. The second-order valence-corrected chi connectivity index (χ2v) is 4.51. The first-order valence-electron chi connectivity index (χ1n) is 6.03. The molecule has 1 unspecified atom stereocenters. The lowest BCUT2D eigenvalue weighted by atomic mass is 10.0. The highest BCUT2D eigenvalue weighted by atomic mass is 35.5. The number of rotatable bonds is 5. The van der Waals surface area contributed by atoms with Crippen LogP contribution in [0.15, 0.2) is 30.5 Å². The molecule has 0 radical (unpaired) electrons. The molecule has 0 bridgehead atoms. The summed E-state index contributed by atoms with van der Waals surface area (Å²) in [4.78, 5) is 0. The van der Waals surface area contributed by atoms with Crippen LogP contribution in [0.25, 0.3) is 0 Å². The largest absolute Gasteiger partial charge is 0.494 e. The smallest absolute Gasteiger partial charge is 0.119 e. The Morgan fingerprint density at radius 1 is 1.42 bits per heavy atom. The van der Waals surface area contributed by atoms with E-state index in [1.807, 2.05) is 38.2 Å². The molecule has 3 N–H and O–H groups in total. The standard InChI is InChI=1S/C13H17ClN4O/c1-3-19-10-6-4-9(5-7-10)12(17-15)13-11(14)8-16-18(13)2/h4-8,12,17H,3,15H2,1-2H3. The fourth-order valence-electron chi connectivity index (χ4n) is 2.00. The molecule has 6 heteroatoms. The van der Waals surface area contributed by atoms with Crippen molar-refractivity contribution >= 4 is 11.6 Å². The Hall–Kier alpha value is -1.56. The first-order valence-corrected chi connectivity index (χ1v) is 6.41. The van der Waals surface area contributed by atoms with Gasteiger partial charge >= 0.3 is 0 Å². The van der Waals surface area contributed by atoms with Crippen molar-refractivity contribution < 1.29 is 4.74 Å². The molecule has 2 aromatic rings. The zero-order chi connectivity index (χ0) is 13.8. The third kappa shape index (κ3) is 2.89. The number of ether oxygens (including phenoxy) is 1. The topological polar surface area (TPSA) is 65.1 Å². The highest BCUT2D eigenvalue weighted by Crippen LogP contribution is 2.28. The van der Waals surface area contributed by atoms with Crippen molar-refractivity contribution in [1.82, 2.24) is 15.2 Å². The third-order valence-electron chi connectivity index (χ3n) is 2.90. The Balaban J connectivity index is 2.32. The molecular weight excluding hydrogens is 264 g/mol. The van der Waals surface area contributed by atoms with E-state index in [1.54, 1.807) is 10.9 Å². The Morgan fingerprint density at radius 2 is 2.11 bits per heavy atom. The second kappa shape index (κ2) is 6.06. The molecule has 19 heavy (non-hydrogen) atoms. The zero-order valence-corrected chi connectivity index (χ0v) is 11.7. The summed E-state index contributed by atoms with van der Waals surface area (Å²) in [5.74, 6) is 6.48. The Morgan fingerprint density at radius 3 is 2.58 bits per heavy atom. The Labute approximate surface area is 117 Å². The lowest BCUT2D eigenvalue weighted by molar-refractivity contribution is 0.340. The van der Waals surface area contributed by atoms with E-state index in [1.165, 1.54) is 0 Å². The van der Waals surface area contributed by atoms with Gasteiger partial charge in [0.05, 0.1) is 29.6 Å². The van der Waals surface area contributed by atoms with Gasteiger partial charge in [-0.05, 0) is 24.6 Å². The van der Waals surface area contributed by atoms with Gasteiger partial charge in [-0.25, -0.2) is 5.43 Å². The molecule has 1 aromatic carbocycles. The minimum atomic E-state index is -0.212. The molecule has 1 heterocycles. The van der Waals surface area contributed by atoms with Crippen LogP contribution in [0.4, 0.5) is 0 Å². The molecule has 2 rings (SSSR count). The van der Waals surface area contributed by atoms with Crippen molar-refractivity contribution in [1.29, 1.82) is 0 Å². The van der Waals surface area contributed by atoms with Gasteiger partial charge in [0.15, 0.2) is 0 Å². The fraction of sp³-hybridized carbons (Fsp3) is 0.308. The van der Waals surface area contributed by atoms with Crippen molar-refractivity contribution in [3.05, 3.63) is 46.7 Å². The van der Waals surface area contributed by atoms with Crippen LogP contribution >= 0.6 is 11.6 Å². The van der Waals surface area contributed by atoms with Crippen LogP contribution in [0.1, 0.15) is 24.2 Å². The summed E-state index contributed by atoms with van der Waals surface area (Å²) in [6, 6.07) is 7.52. The molecule has 1 atom stereocenters. The number of hydrazine groups is 1. The minimum Gasteiger partial charge on any atom is -0.494 e. The first kappa shape index (κ1) is 13.9. The van der Waals surface area contributed by atoms with Gasteiger partial charge in [-0.2, -0.15) is 5.10 Å². The number of aryl methyl sites for hydroxylation is 1. The van der Waals surface area contributed by atoms with Gasteiger partial charge in [0.1, 0.15) is 5.75 Å². The highest BCUT2D eigenvalue weighted by Gasteiger charge is 2.19. The number of nitrogens with zero attached hydrogens (tertiary/aromatic N) is 2. The predicted octanol–water partition coefficient (Wildman–Crippen LogP) is 2.02. The van der Waals surface area contributed by atoms with Gasteiger partial charge < -0.3 is 4.74 Å². The monoisotopic (exact) mass is 280 g/mol. The molecule has 0 amide bonds. The average molecular weight is 281 g/mol. The number of halogens is 1. The van der Waals surface area contributed by atoms with Crippen molar-refractivity contribution in [2.24, 2.45) is 12.9 Å². The van der Waals surface area contributed by atoms with Crippen LogP contribution < -0.4 is 16.0 Å². The normalized spacial score (nSPS) is 12.4. The summed E-state index contributed by atoms with van der Waals surface area (Å²) in [5.41, 5.74) is 4.59. The molecule has 0 aliphatic carbocycles. The van der Waals surface area contributed by atoms with Crippen molar-refractivity contribution in [2.45, 2.75) is 13.0 Å². The SMILES string of the molecule is CCOc1ccc(C(NN)c2c(Cl)cnn2C)cc1. The summed E-state index contributed by atoms with van der Waals surface area (Å²) in [6.45, 7) is 2.60. The first-order chi connectivity index (χ1) is 9.17. The van der Waals surface area contributed by atoms with E-state index in [4.69, 9.17) is 22.2 Å². The summed E-state index contributed by atoms with van der Waals surface area (Å²) < 4.78 is 7.13. The summed E-state index contributed by atoms with van der Waals surface area (Å²) in [6.07, 6.45) is 1.61. The van der Waals surface area contributed by atoms with E-state index in [0.29, 0.717) is 11.6 Å². The van der Waals surface area contributed by atoms with Crippen molar-refractivity contribution in [3.63, 3.8) is 0 Å². The van der Waals surface area contributed by atoms with Crippen molar-refractivity contribution in [3.8, 4) is 5.75 Å². The highest BCUT2D eigenvalue weighted by molar-refractivity contribution is 6.31. The maximum Gasteiger partial charge on any atom is 0.119 e. The molecule has 1 aromatic heterocycles. The average Bonchev–Trinajstić information content (AvgIpc) is 2.74. The van der Waals surface area contributed by atoms with Crippen LogP contribution in [0.5, 0.6) is 5.75 Å². The van der Waals surface area contributed by atoms with E-state index in [9.17, 15) is 0 Å². The van der Waals surface area contributed by atoms with Gasteiger partial charge in [0.25, 0.3) is 0 Å². The number of nitrogens with one attached hydrogen (secondary N) is 1. The molecule has 5 nitrogen and oxygen atoms in total. The molecule has 0 aliphatic heterocycles. The van der Waals surface area contributed by atoms with Gasteiger partial charge in [-0.1, -0.05) is 23.7 Å². The molecular formula is C13H17ClN4O. The predicted molar refractivity (Wildman–Crippen MR) is 75.0 cm³/mol. The van der Waals surface area contributed by atoms with Gasteiger partial charge in [-0.15, -0.1) is 0 Å². The third-order valence-corrected chi connectivity index (χ3v) is 3.19. The lowest BCUT2D eigenvalue weighted by Crippen LogP contribution is -2.30. The minimum absolute atomic E-state index is 0.212. The van der Waals surface area contributed by atoms with Crippen LogP contribution in [0.2, 0.25) is 5.02 Å².